The van der Waals surface area contributed by atoms with Crippen molar-refractivity contribution < 1.29 is 34.4 Å². The molecule has 8 nitrogen and oxygen atoms in total. The lowest BCUT2D eigenvalue weighted by Gasteiger charge is -2.59. The van der Waals surface area contributed by atoms with E-state index in [0.717, 1.165) is 33.7 Å². The molecule has 1 aromatic heterocycles. The predicted octanol–water partition coefficient (Wildman–Crippen LogP) is 4.02. The summed E-state index contributed by atoms with van der Waals surface area (Å²) in [6.07, 6.45) is 6.55. The van der Waals surface area contributed by atoms with E-state index in [-0.39, 0.29) is 30.1 Å². The first-order valence-electron chi connectivity index (χ1n) is 15.2. The number of carbonyl (C=O) groups is 2. The lowest BCUT2D eigenvalue weighted by Crippen LogP contribution is -2.63. The molecule has 2 aromatic rings. The third-order valence-electron chi connectivity index (χ3n) is 11.5. The minimum Gasteiger partial charge on any atom is -0.398 e. The molecule has 1 aliphatic heterocycles. The fourth-order valence-corrected chi connectivity index (χ4v) is 10.5. The van der Waals surface area contributed by atoms with Crippen LogP contribution in [0.2, 0.25) is 0 Å². The van der Waals surface area contributed by atoms with E-state index in [9.17, 15) is 24.9 Å². The van der Waals surface area contributed by atoms with Gasteiger partial charge in [0, 0.05) is 39.3 Å². The van der Waals surface area contributed by atoms with Crippen molar-refractivity contribution in [2.24, 2.45) is 28.6 Å². The Hall–Kier alpha value is -2.66. The zero-order valence-corrected chi connectivity index (χ0v) is 25.3. The number of fused-ring (bicyclic) bond motifs is 7. The quantitative estimate of drug-likeness (QED) is 0.362. The first kappa shape index (κ1) is 29.1. The van der Waals surface area contributed by atoms with Gasteiger partial charge in [-0.05, 0) is 73.4 Å². The molecule has 7 rings (SSSR count). The number of allylic oxidation sites excluding steroid dienone is 4. The average molecular weight is 606 g/mol. The summed E-state index contributed by atoms with van der Waals surface area (Å²) in [7, 11) is 0. The monoisotopic (exact) mass is 605 g/mol. The van der Waals surface area contributed by atoms with Gasteiger partial charge in [0.1, 0.15) is 6.61 Å². The summed E-state index contributed by atoms with van der Waals surface area (Å²) >= 11 is 1.55. The maximum Gasteiger partial charge on any atom is 0.194 e. The van der Waals surface area contributed by atoms with Gasteiger partial charge in [0.05, 0.1) is 23.7 Å². The summed E-state index contributed by atoms with van der Waals surface area (Å²) < 4.78 is 13.3. The van der Waals surface area contributed by atoms with Crippen LogP contribution in [-0.4, -0.2) is 51.3 Å². The highest BCUT2D eigenvalue weighted by molar-refractivity contribution is 7.12. The van der Waals surface area contributed by atoms with Crippen LogP contribution in [0.4, 0.5) is 5.69 Å². The number of aliphatic hydroxyl groups excluding tert-OH is 3. The van der Waals surface area contributed by atoms with Crippen LogP contribution >= 0.6 is 11.3 Å². The maximum atomic E-state index is 13.8. The predicted molar refractivity (Wildman–Crippen MR) is 161 cm³/mol. The molecule has 5 aliphatic rings. The number of nitrogens with two attached hydrogens (primary N) is 1. The van der Waals surface area contributed by atoms with Crippen molar-refractivity contribution in [1.29, 1.82) is 0 Å². The molecule has 0 amide bonds. The molecule has 1 aromatic carbocycles. The number of Topliss-reactive ketones (excluding diaryl/α,β-unsaturated/α-hetero) is 1. The van der Waals surface area contributed by atoms with E-state index >= 15 is 0 Å². The first-order chi connectivity index (χ1) is 20.5. The molecule has 0 unspecified atom stereocenters. The van der Waals surface area contributed by atoms with E-state index < -0.39 is 47.3 Å². The van der Waals surface area contributed by atoms with Crippen LogP contribution in [0.25, 0.3) is 0 Å². The summed E-state index contributed by atoms with van der Waals surface area (Å²) in [5, 5.41) is 31.5. The number of aliphatic hydroxyl groups is 3. The second-order valence-electron chi connectivity index (χ2n) is 13.5. The van der Waals surface area contributed by atoms with E-state index in [2.05, 4.69) is 6.92 Å². The summed E-state index contributed by atoms with van der Waals surface area (Å²) in [6.45, 7) is 3.41. The molecular weight excluding hydrogens is 566 g/mol. The molecule has 0 spiro atoms. The van der Waals surface area contributed by atoms with E-state index in [0.29, 0.717) is 30.5 Å². The number of benzene rings is 1. The fourth-order valence-electron chi connectivity index (χ4n) is 9.53. The van der Waals surface area contributed by atoms with Crippen LogP contribution in [0.1, 0.15) is 66.7 Å². The van der Waals surface area contributed by atoms with Crippen LogP contribution in [0, 0.1) is 28.6 Å². The molecule has 4 fully saturated rings. The van der Waals surface area contributed by atoms with E-state index in [1.165, 1.54) is 0 Å². The van der Waals surface area contributed by atoms with Gasteiger partial charge in [0.2, 0.25) is 0 Å². The molecule has 9 heteroatoms. The molecule has 4 aliphatic carbocycles. The van der Waals surface area contributed by atoms with Crippen molar-refractivity contribution in [2.45, 2.75) is 76.7 Å². The van der Waals surface area contributed by atoms with Gasteiger partial charge in [-0.2, -0.15) is 0 Å². The molecule has 0 radical (unpaired) electrons. The number of hydrogen-bond donors (Lipinski definition) is 4. The number of carbonyl (C=O) groups excluding carboxylic acids is 2. The molecule has 5 N–H and O–H groups in total. The van der Waals surface area contributed by atoms with Gasteiger partial charge in [0.15, 0.2) is 23.5 Å². The highest BCUT2D eigenvalue weighted by atomic mass is 32.1. The third-order valence-corrected chi connectivity index (χ3v) is 12.6. The molecule has 1 saturated heterocycles. The largest absolute Gasteiger partial charge is 0.398 e. The number of anilines is 1. The minimum absolute atomic E-state index is 0.00253. The molecule has 43 heavy (non-hydrogen) atoms. The topological polar surface area (TPSA) is 139 Å². The number of nitrogen functional groups attached to an aromatic ring is 1. The van der Waals surface area contributed by atoms with Crippen molar-refractivity contribution in [1.82, 2.24) is 0 Å². The summed E-state index contributed by atoms with van der Waals surface area (Å²) in [5.74, 6) is -0.301. The van der Waals surface area contributed by atoms with Gasteiger partial charge in [-0.25, -0.2) is 0 Å². The molecule has 3 saturated carbocycles. The maximum absolute atomic E-state index is 13.8. The van der Waals surface area contributed by atoms with Crippen molar-refractivity contribution in [3.63, 3.8) is 0 Å². The Balaban J connectivity index is 1.17. The Bertz CT molecular complexity index is 1550. The lowest BCUT2D eigenvalue weighted by atomic mass is 9.46. The van der Waals surface area contributed by atoms with Crippen LogP contribution in [0.3, 0.4) is 0 Å². The van der Waals surface area contributed by atoms with Crippen molar-refractivity contribution in [2.75, 3.05) is 12.3 Å². The highest BCUT2D eigenvalue weighted by Gasteiger charge is 2.76. The van der Waals surface area contributed by atoms with E-state index in [4.69, 9.17) is 15.2 Å². The van der Waals surface area contributed by atoms with Crippen LogP contribution < -0.4 is 5.73 Å². The Labute approximate surface area is 255 Å². The van der Waals surface area contributed by atoms with Crippen LogP contribution in [0.5, 0.6) is 0 Å². The number of ether oxygens (including phenoxy) is 2. The zero-order valence-electron chi connectivity index (χ0n) is 24.5. The molecule has 2 heterocycles. The fraction of sp³-hybridized carbons (Fsp3) is 0.529. The number of ketones is 2. The number of hydrogen-bond acceptors (Lipinski definition) is 9. The Morgan fingerprint density at radius 2 is 2.00 bits per heavy atom. The van der Waals surface area contributed by atoms with Crippen LogP contribution in [-0.2, 0) is 32.1 Å². The Morgan fingerprint density at radius 1 is 1.19 bits per heavy atom. The Morgan fingerprint density at radius 3 is 2.74 bits per heavy atom. The number of thiophene rings is 1. The Kier molecular flexibility index (Phi) is 6.89. The van der Waals surface area contributed by atoms with Gasteiger partial charge in [0.25, 0.3) is 0 Å². The smallest absolute Gasteiger partial charge is 0.194 e. The second-order valence-corrected chi connectivity index (χ2v) is 14.7. The summed E-state index contributed by atoms with van der Waals surface area (Å²) in [5.41, 5.74) is 6.93. The SMILES string of the molecule is C[C@]12C=CC(=O)C=C1CC[C@@H]1[C@@H]2[C@@H](O)C[C@@]2(C)[C@H]1C[C@H]1O[C@@H](c3ccc(Cc4ccc(CO)c(N)c4)s3)O[C@]12C(=O)CO. The van der Waals surface area contributed by atoms with Crippen molar-refractivity contribution >= 4 is 28.6 Å². The standard InChI is InChI=1S/C34H39NO7S/c1-32-10-9-21(38)13-20(32)5-7-23-24-14-29-34(28(40)17-37,33(24,2)15-26(39)30(23)32)42-31(41-29)27-8-6-22(43-27)11-18-3-4-19(16-36)25(35)12-18/h3-4,6,8-10,12-13,23-24,26,29-31,36-37,39H,5,7,11,14-17,35H2,1-2H3/t23-,24-,26-,29+,30+,31+,32-,33-,34+/m0/s1. The second kappa shape index (κ2) is 10.2. The normalized spacial score (nSPS) is 39.6. The molecular formula is C34H39NO7S. The first-order valence-corrected chi connectivity index (χ1v) is 16.0. The molecule has 9 atom stereocenters. The number of rotatable bonds is 6. The van der Waals surface area contributed by atoms with E-state index in [1.807, 2.05) is 43.3 Å². The van der Waals surface area contributed by atoms with Gasteiger partial charge in [-0.1, -0.05) is 37.6 Å². The minimum atomic E-state index is -1.36. The average Bonchev–Trinajstić information content (AvgIpc) is 3.65. The van der Waals surface area contributed by atoms with Gasteiger partial charge in [-0.15, -0.1) is 11.3 Å². The summed E-state index contributed by atoms with van der Waals surface area (Å²) in [4.78, 5) is 27.8. The highest BCUT2D eigenvalue weighted by Crippen LogP contribution is 2.70. The zero-order chi connectivity index (χ0) is 30.3. The summed E-state index contributed by atoms with van der Waals surface area (Å²) in [6, 6.07) is 9.65. The third kappa shape index (κ3) is 4.12. The van der Waals surface area contributed by atoms with Gasteiger partial charge >= 0.3 is 0 Å². The van der Waals surface area contributed by atoms with Gasteiger partial charge < -0.3 is 30.5 Å². The molecule has 228 valence electrons. The van der Waals surface area contributed by atoms with Crippen molar-refractivity contribution in [3.8, 4) is 0 Å². The van der Waals surface area contributed by atoms with Crippen LogP contribution in [0.15, 0.2) is 54.1 Å². The lowest BCUT2D eigenvalue weighted by molar-refractivity contribution is -0.200. The van der Waals surface area contributed by atoms with E-state index in [1.54, 1.807) is 23.5 Å². The van der Waals surface area contributed by atoms with Crippen molar-refractivity contribution in [3.05, 3.63) is 75.0 Å². The molecule has 0 bridgehead atoms. The van der Waals surface area contributed by atoms with Gasteiger partial charge in [-0.3, -0.25) is 9.59 Å².